The van der Waals surface area contributed by atoms with E-state index in [4.69, 9.17) is 25.5 Å². The van der Waals surface area contributed by atoms with Crippen molar-refractivity contribution in [2.24, 2.45) is 5.10 Å². The third-order valence-electron chi connectivity index (χ3n) is 4.12. The summed E-state index contributed by atoms with van der Waals surface area (Å²) in [6.07, 6.45) is 1.33. The molecular formula is C21H13ClN2O5. The van der Waals surface area contributed by atoms with Crippen molar-refractivity contribution >= 4 is 40.7 Å². The Morgan fingerprint density at radius 3 is 2.66 bits per heavy atom. The van der Waals surface area contributed by atoms with E-state index in [9.17, 15) is 9.59 Å². The zero-order valence-electron chi connectivity index (χ0n) is 14.8. The van der Waals surface area contributed by atoms with Crippen LogP contribution in [-0.4, -0.2) is 23.2 Å². The van der Waals surface area contributed by atoms with E-state index in [2.05, 4.69) is 10.5 Å². The molecule has 2 aromatic heterocycles. The van der Waals surface area contributed by atoms with Crippen LogP contribution in [0.3, 0.4) is 0 Å². The summed E-state index contributed by atoms with van der Waals surface area (Å²) in [7, 11) is 0. The van der Waals surface area contributed by atoms with Crippen LogP contribution in [0.15, 0.2) is 74.6 Å². The van der Waals surface area contributed by atoms with Gasteiger partial charge in [0.05, 0.1) is 16.8 Å². The molecular weight excluding hydrogens is 396 g/mol. The Labute approximate surface area is 169 Å². The lowest BCUT2D eigenvalue weighted by atomic mass is 10.1. The predicted molar refractivity (Wildman–Crippen MR) is 107 cm³/mol. The SMILES string of the molecule is O=C(N/N=C\c1ccc(-c2ccc(Cl)c(C(=O)O)c2)o1)c1cc2ccccc2o1. The summed E-state index contributed by atoms with van der Waals surface area (Å²) in [5.41, 5.74) is 3.52. The summed E-state index contributed by atoms with van der Waals surface area (Å²) in [5, 5.41) is 14.0. The highest BCUT2D eigenvalue weighted by molar-refractivity contribution is 6.33. The number of aromatic carboxylic acids is 1. The van der Waals surface area contributed by atoms with Crippen molar-refractivity contribution in [2.75, 3.05) is 0 Å². The Morgan fingerprint density at radius 2 is 1.86 bits per heavy atom. The molecule has 0 aliphatic carbocycles. The Balaban J connectivity index is 1.46. The number of rotatable bonds is 5. The first kappa shape index (κ1) is 18.5. The van der Waals surface area contributed by atoms with Crippen molar-refractivity contribution in [1.82, 2.24) is 5.43 Å². The lowest BCUT2D eigenvalue weighted by molar-refractivity contribution is 0.0697. The lowest BCUT2D eigenvalue weighted by Gasteiger charge is -2.01. The Kier molecular flexibility index (Phi) is 4.88. The van der Waals surface area contributed by atoms with Gasteiger partial charge in [-0.25, -0.2) is 10.2 Å². The molecule has 29 heavy (non-hydrogen) atoms. The van der Waals surface area contributed by atoms with Crippen LogP contribution in [0.2, 0.25) is 5.02 Å². The number of amides is 1. The van der Waals surface area contributed by atoms with Gasteiger partial charge in [-0.15, -0.1) is 0 Å². The number of nitrogens with zero attached hydrogens (tertiary/aromatic N) is 1. The van der Waals surface area contributed by atoms with Crippen molar-refractivity contribution in [3.8, 4) is 11.3 Å². The van der Waals surface area contributed by atoms with Gasteiger partial charge in [0.1, 0.15) is 17.1 Å². The summed E-state index contributed by atoms with van der Waals surface area (Å²) in [5.74, 6) is -0.664. The first-order chi connectivity index (χ1) is 14.0. The average molecular weight is 409 g/mol. The fraction of sp³-hybridized carbons (Fsp3) is 0. The molecule has 7 nitrogen and oxygen atoms in total. The van der Waals surface area contributed by atoms with Crippen LogP contribution in [-0.2, 0) is 0 Å². The Bertz CT molecular complexity index is 1220. The average Bonchev–Trinajstić information content (AvgIpc) is 3.35. The maximum atomic E-state index is 12.1. The van der Waals surface area contributed by atoms with Gasteiger partial charge in [-0.3, -0.25) is 4.79 Å². The molecule has 2 aromatic carbocycles. The second-order valence-electron chi connectivity index (χ2n) is 6.05. The normalized spacial score (nSPS) is 11.2. The van der Waals surface area contributed by atoms with E-state index in [1.165, 1.54) is 18.3 Å². The Morgan fingerprint density at radius 1 is 1.03 bits per heavy atom. The summed E-state index contributed by atoms with van der Waals surface area (Å²) in [6, 6.07) is 16.8. The molecule has 0 radical (unpaired) electrons. The van der Waals surface area contributed by atoms with Gasteiger partial charge in [-0.05, 0) is 42.5 Å². The molecule has 0 saturated heterocycles. The van der Waals surface area contributed by atoms with E-state index in [0.717, 1.165) is 5.39 Å². The largest absolute Gasteiger partial charge is 0.478 e. The molecule has 144 valence electrons. The molecule has 0 atom stereocenters. The number of benzene rings is 2. The van der Waals surface area contributed by atoms with Crippen LogP contribution in [0.1, 0.15) is 26.7 Å². The number of hydrogen-bond acceptors (Lipinski definition) is 5. The van der Waals surface area contributed by atoms with E-state index >= 15 is 0 Å². The van der Waals surface area contributed by atoms with Crippen LogP contribution in [0.25, 0.3) is 22.3 Å². The van der Waals surface area contributed by atoms with E-state index in [0.29, 0.717) is 22.7 Å². The quantitative estimate of drug-likeness (QED) is 0.364. The van der Waals surface area contributed by atoms with Gasteiger partial charge in [0, 0.05) is 10.9 Å². The second kappa shape index (κ2) is 7.65. The molecule has 2 N–H and O–H groups in total. The molecule has 4 rings (SSSR count). The minimum Gasteiger partial charge on any atom is -0.478 e. The number of halogens is 1. The lowest BCUT2D eigenvalue weighted by Crippen LogP contribution is -2.16. The fourth-order valence-corrected chi connectivity index (χ4v) is 2.92. The monoisotopic (exact) mass is 408 g/mol. The van der Waals surface area contributed by atoms with Crippen LogP contribution in [0, 0.1) is 0 Å². The Hall–Kier alpha value is -3.84. The number of hydrazone groups is 1. The minimum absolute atomic E-state index is 0.0196. The molecule has 0 bridgehead atoms. The summed E-state index contributed by atoms with van der Waals surface area (Å²) < 4.78 is 11.1. The standard InChI is InChI=1S/C21H13ClN2O5/c22-16-7-5-13(9-15(16)21(26)27)18-8-6-14(28-18)11-23-24-20(25)19-10-12-3-1-2-4-17(12)29-19/h1-11H,(H,24,25)(H,26,27)/b23-11-. The molecule has 0 saturated carbocycles. The van der Waals surface area contributed by atoms with E-state index in [1.807, 2.05) is 18.2 Å². The van der Waals surface area contributed by atoms with Crippen molar-refractivity contribution in [3.63, 3.8) is 0 Å². The first-order valence-corrected chi connectivity index (χ1v) is 8.84. The van der Waals surface area contributed by atoms with Gasteiger partial charge in [-0.1, -0.05) is 29.8 Å². The summed E-state index contributed by atoms with van der Waals surface area (Å²) in [4.78, 5) is 23.4. The molecule has 4 aromatic rings. The van der Waals surface area contributed by atoms with Gasteiger partial charge in [0.25, 0.3) is 0 Å². The van der Waals surface area contributed by atoms with Gasteiger partial charge < -0.3 is 13.9 Å². The number of furan rings is 2. The number of carbonyl (C=O) groups excluding carboxylic acids is 1. The highest BCUT2D eigenvalue weighted by Gasteiger charge is 2.13. The third kappa shape index (κ3) is 3.90. The van der Waals surface area contributed by atoms with Crippen LogP contribution < -0.4 is 5.43 Å². The second-order valence-corrected chi connectivity index (χ2v) is 6.46. The number of para-hydroxylation sites is 1. The number of carbonyl (C=O) groups is 2. The molecule has 0 fully saturated rings. The fourth-order valence-electron chi connectivity index (χ4n) is 2.72. The van der Waals surface area contributed by atoms with Gasteiger partial charge in [-0.2, -0.15) is 5.10 Å². The predicted octanol–water partition coefficient (Wildman–Crippen LogP) is 4.81. The van der Waals surface area contributed by atoms with E-state index in [1.54, 1.807) is 30.3 Å². The van der Waals surface area contributed by atoms with Crippen molar-refractivity contribution in [3.05, 3.63) is 82.8 Å². The van der Waals surface area contributed by atoms with Gasteiger partial charge >= 0.3 is 11.9 Å². The maximum Gasteiger partial charge on any atom is 0.337 e. The zero-order valence-corrected chi connectivity index (χ0v) is 15.5. The molecule has 0 aliphatic heterocycles. The number of carboxylic acids is 1. The number of fused-ring (bicyclic) bond motifs is 1. The minimum atomic E-state index is -1.13. The van der Waals surface area contributed by atoms with E-state index in [-0.39, 0.29) is 16.3 Å². The number of hydrogen-bond donors (Lipinski definition) is 2. The summed E-state index contributed by atoms with van der Waals surface area (Å²) in [6.45, 7) is 0. The smallest absolute Gasteiger partial charge is 0.337 e. The topological polar surface area (TPSA) is 105 Å². The van der Waals surface area contributed by atoms with Crippen molar-refractivity contribution in [1.29, 1.82) is 0 Å². The van der Waals surface area contributed by atoms with Crippen molar-refractivity contribution < 1.29 is 23.5 Å². The van der Waals surface area contributed by atoms with Crippen LogP contribution in [0.5, 0.6) is 0 Å². The molecule has 0 aliphatic rings. The third-order valence-corrected chi connectivity index (χ3v) is 4.44. The van der Waals surface area contributed by atoms with Crippen LogP contribution in [0.4, 0.5) is 0 Å². The van der Waals surface area contributed by atoms with Gasteiger partial charge in [0.15, 0.2) is 5.76 Å². The molecule has 0 spiro atoms. The molecule has 0 unspecified atom stereocenters. The molecule has 8 heteroatoms. The van der Waals surface area contributed by atoms with Crippen LogP contribution >= 0.6 is 11.6 Å². The number of carboxylic acid groups (broad SMARTS) is 1. The first-order valence-electron chi connectivity index (χ1n) is 8.46. The van der Waals surface area contributed by atoms with Crippen molar-refractivity contribution in [2.45, 2.75) is 0 Å². The highest BCUT2D eigenvalue weighted by atomic mass is 35.5. The highest BCUT2D eigenvalue weighted by Crippen LogP contribution is 2.26. The van der Waals surface area contributed by atoms with Gasteiger partial charge in [0.2, 0.25) is 0 Å². The number of nitrogens with one attached hydrogen (secondary N) is 1. The molecule has 1 amide bonds. The summed E-state index contributed by atoms with van der Waals surface area (Å²) >= 11 is 5.88. The zero-order chi connectivity index (χ0) is 20.4. The maximum absolute atomic E-state index is 12.1. The van der Waals surface area contributed by atoms with E-state index < -0.39 is 11.9 Å². The molecule has 2 heterocycles.